The van der Waals surface area contributed by atoms with Crippen molar-refractivity contribution in [1.82, 2.24) is 5.32 Å². The third-order valence-corrected chi connectivity index (χ3v) is 3.76. The lowest BCUT2D eigenvalue weighted by molar-refractivity contribution is 0.541. The van der Waals surface area contributed by atoms with Gasteiger partial charge in [-0.25, -0.2) is 0 Å². The van der Waals surface area contributed by atoms with E-state index in [2.05, 4.69) is 23.4 Å². The molecular formula is C11H19NS. The van der Waals surface area contributed by atoms with Crippen molar-refractivity contribution in [3.63, 3.8) is 0 Å². The topological polar surface area (TPSA) is 12.0 Å². The van der Waals surface area contributed by atoms with Crippen molar-refractivity contribution in [2.45, 2.75) is 43.9 Å². The third-order valence-electron chi connectivity index (χ3n) is 2.59. The zero-order valence-electron chi connectivity index (χ0n) is 8.60. The molecule has 1 aliphatic carbocycles. The van der Waals surface area contributed by atoms with E-state index >= 15 is 0 Å². The highest BCUT2D eigenvalue weighted by molar-refractivity contribution is 7.99. The Kier molecular flexibility index (Phi) is 5.34. The van der Waals surface area contributed by atoms with E-state index in [1.807, 2.05) is 18.7 Å². The van der Waals surface area contributed by atoms with Gasteiger partial charge in [0.2, 0.25) is 0 Å². The lowest BCUT2D eigenvalue weighted by atomic mass is 10.2. The molecule has 0 aromatic carbocycles. The van der Waals surface area contributed by atoms with Crippen molar-refractivity contribution in [2.75, 3.05) is 12.8 Å². The molecule has 1 fully saturated rings. The molecule has 0 radical (unpaired) electrons. The van der Waals surface area contributed by atoms with Crippen LogP contribution in [0.2, 0.25) is 0 Å². The van der Waals surface area contributed by atoms with Crippen LogP contribution in [0, 0.1) is 11.8 Å². The van der Waals surface area contributed by atoms with E-state index in [4.69, 9.17) is 0 Å². The van der Waals surface area contributed by atoms with Gasteiger partial charge >= 0.3 is 0 Å². The van der Waals surface area contributed by atoms with Crippen LogP contribution in [0.4, 0.5) is 0 Å². The molecule has 2 unspecified atom stereocenters. The molecule has 74 valence electrons. The number of nitrogens with one attached hydrogen (secondary N) is 1. The number of hydrogen-bond acceptors (Lipinski definition) is 2. The summed E-state index contributed by atoms with van der Waals surface area (Å²) in [6, 6.07) is 0.744. The molecule has 1 aliphatic rings. The maximum absolute atomic E-state index is 3.59. The molecule has 0 aromatic rings. The Balaban J connectivity index is 2.15. The van der Waals surface area contributed by atoms with E-state index in [0.717, 1.165) is 24.3 Å². The molecule has 1 saturated carbocycles. The number of thioether (sulfide) groups is 1. The monoisotopic (exact) mass is 197 g/mol. The lowest BCUT2D eigenvalue weighted by Crippen LogP contribution is -2.34. The van der Waals surface area contributed by atoms with Gasteiger partial charge in [0.05, 0.1) is 0 Å². The van der Waals surface area contributed by atoms with E-state index in [-0.39, 0.29) is 0 Å². The predicted octanol–water partition coefficient (Wildman–Crippen LogP) is 2.27. The van der Waals surface area contributed by atoms with Gasteiger partial charge in [-0.05, 0) is 26.0 Å². The van der Waals surface area contributed by atoms with Gasteiger partial charge in [-0.15, -0.1) is 11.8 Å². The fourth-order valence-corrected chi connectivity index (χ4v) is 2.85. The smallest absolute Gasteiger partial charge is 0.0214 e. The van der Waals surface area contributed by atoms with Crippen LogP contribution in [-0.4, -0.2) is 24.1 Å². The molecule has 0 amide bonds. The average molecular weight is 197 g/mol. The van der Waals surface area contributed by atoms with Crippen LogP contribution in [0.3, 0.4) is 0 Å². The molecular weight excluding hydrogens is 178 g/mol. The highest BCUT2D eigenvalue weighted by Gasteiger charge is 2.25. The van der Waals surface area contributed by atoms with Crippen molar-refractivity contribution >= 4 is 11.8 Å². The summed E-state index contributed by atoms with van der Waals surface area (Å²) in [6.45, 7) is 2.96. The minimum atomic E-state index is 0.744. The summed E-state index contributed by atoms with van der Waals surface area (Å²) in [4.78, 5) is 0. The standard InChI is InChI=1S/C11H19NS/c1-3-4-5-9-12-10-7-6-8-11(10)13-2/h10-12H,5-9H2,1-2H3. The summed E-state index contributed by atoms with van der Waals surface area (Å²) in [5.74, 6) is 6.01. The van der Waals surface area contributed by atoms with Gasteiger partial charge in [0.15, 0.2) is 0 Å². The lowest BCUT2D eigenvalue weighted by Gasteiger charge is -2.18. The Labute approximate surface area is 86.1 Å². The first-order valence-electron chi connectivity index (χ1n) is 5.04. The molecule has 0 aliphatic heterocycles. The second-order valence-corrected chi connectivity index (χ2v) is 4.52. The second-order valence-electron chi connectivity index (χ2n) is 3.44. The van der Waals surface area contributed by atoms with Crippen LogP contribution < -0.4 is 5.32 Å². The molecule has 0 spiro atoms. The van der Waals surface area contributed by atoms with E-state index in [0.29, 0.717) is 0 Å². The van der Waals surface area contributed by atoms with Crippen molar-refractivity contribution in [2.24, 2.45) is 0 Å². The van der Waals surface area contributed by atoms with Crippen molar-refractivity contribution < 1.29 is 0 Å². The molecule has 0 aromatic heterocycles. The van der Waals surface area contributed by atoms with Crippen LogP contribution in [0.25, 0.3) is 0 Å². The summed E-state index contributed by atoms with van der Waals surface area (Å²) in [5, 5.41) is 4.44. The minimum Gasteiger partial charge on any atom is -0.312 e. The summed E-state index contributed by atoms with van der Waals surface area (Å²) in [6.07, 6.45) is 7.34. The van der Waals surface area contributed by atoms with Gasteiger partial charge in [-0.2, -0.15) is 11.8 Å². The minimum absolute atomic E-state index is 0.744. The van der Waals surface area contributed by atoms with Gasteiger partial charge < -0.3 is 5.32 Å². The van der Waals surface area contributed by atoms with E-state index in [9.17, 15) is 0 Å². The quantitative estimate of drug-likeness (QED) is 0.548. The highest BCUT2D eigenvalue weighted by Crippen LogP contribution is 2.28. The largest absolute Gasteiger partial charge is 0.312 e. The summed E-state index contributed by atoms with van der Waals surface area (Å²) >= 11 is 2.01. The van der Waals surface area contributed by atoms with Crippen LogP contribution in [-0.2, 0) is 0 Å². The van der Waals surface area contributed by atoms with E-state index in [1.54, 1.807) is 0 Å². The van der Waals surface area contributed by atoms with Crippen LogP contribution in [0.15, 0.2) is 0 Å². The average Bonchev–Trinajstić information content (AvgIpc) is 2.60. The Morgan fingerprint density at radius 2 is 2.31 bits per heavy atom. The molecule has 13 heavy (non-hydrogen) atoms. The van der Waals surface area contributed by atoms with Crippen molar-refractivity contribution in [3.8, 4) is 11.8 Å². The molecule has 2 atom stereocenters. The fraction of sp³-hybridized carbons (Fsp3) is 0.818. The summed E-state index contributed by atoms with van der Waals surface area (Å²) in [5.41, 5.74) is 0. The van der Waals surface area contributed by atoms with Crippen molar-refractivity contribution in [1.29, 1.82) is 0 Å². The maximum atomic E-state index is 3.59. The zero-order chi connectivity index (χ0) is 9.52. The number of rotatable bonds is 4. The van der Waals surface area contributed by atoms with E-state index < -0.39 is 0 Å². The van der Waals surface area contributed by atoms with Crippen molar-refractivity contribution in [3.05, 3.63) is 0 Å². The van der Waals surface area contributed by atoms with E-state index in [1.165, 1.54) is 19.3 Å². The van der Waals surface area contributed by atoms with Gasteiger partial charge in [0.25, 0.3) is 0 Å². The second kappa shape index (κ2) is 6.34. The van der Waals surface area contributed by atoms with Crippen LogP contribution >= 0.6 is 11.8 Å². The Morgan fingerprint density at radius 1 is 1.46 bits per heavy atom. The molecule has 2 heteroatoms. The van der Waals surface area contributed by atoms with Crippen LogP contribution in [0.1, 0.15) is 32.6 Å². The Hall–Kier alpha value is -0.130. The molecule has 1 rings (SSSR count). The first-order chi connectivity index (χ1) is 6.38. The summed E-state index contributed by atoms with van der Waals surface area (Å²) < 4.78 is 0. The van der Waals surface area contributed by atoms with Gasteiger partial charge in [0.1, 0.15) is 0 Å². The van der Waals surface area contributed by atoms with Gasteiger partial charge in [-0.1, -0.05) is 6.42 Å². The molecule has 0 bridgehead atoms. The Morgan fingerprint density at radius 3 is 3.00 bits per heavy atom. The third kappa shape index (κ3) is 3.62. The molecule has 0 saturated heterocycles. The first-order valence-corrected chi connectivity index (χ1v) is 6.33. The Bertz CT molecular complexity index is 192. The molecule has 1 N–H and O–H groups in total. The molecule has 1 nitrogen and oxygen atoms in total. The fourth-order valence-electron chi connectivity index (χ4n) is 1.89. The van der Waals surface area contributed by atoms with Gasteiger partial charge in [-0.3, -0.25) is 0 Å². The zero-order valence-corrected chi connectivity index (χ0v) is 9.41. The SMILES string of the molecule is CC#CCCNC1CCCC1SC. The molecule has 0 heterocycles. The normalized spacial score (nSPS) is 26.9. The predicted molar refractivity (Wildman–Crippen MR) is 61.0 cm³/mol. The first kappa shape index (κ1) is 10.9. The number of hydrogen-bond donors (Lipinski definition) is 1. The van der Waals surface area contributed by atoms with Gasteiger partial charge in [0, 0.05) is 24.3 Å². The summed E-state index contributed by atoms with van der Waals surface area (Å²) in [7, 11) is 0. The highest BCUT2D eigenvalue weighted by atomic mass is 32.2. The maximum Gasteiger partial charge on any atom is 0.0214 e. The van der Waals surface area contributed by atoms with Crippen LogP contribution in [0.5, 0.6) is 0 Å².